The fourth-order valence-electron chi connectivity index (χ4n) is 1.89. The van der Waals surface area contributed by atoms with Crippen molar-refractivity contribution in [1.29, 1.82) is 0 Å². The van der Waals surface area contributed by atoms with E-state index in [0.717, 1.165) is 11.4 Å². The fourth-order valence-corrected chi connectivity index (χ4v) is 1.89. The number of phenolic OH excluding ortho intramolecular Hbond substituents is 1. The van der Waals surface area contributed by atoms with Gasteiger partial charge in [-0.15, -0.1) is 0 Å². The minimum atomic E-state index is 0.138. The number of phenols is 1. The lowest BCUT2D eigenvalue weighted by Crippen LogP contribution is -2.28. The van der Waals surface area contributed by atoms with Gasteiger partial charge in [0, 0.05) is 19.9 Å². The molecule has 1 N–H and O–H groups in total. The van der Waals surface area contributed by atoms with Crippen molar-refractivity contribution in [3.05, 3.63) is 41.7 Å². The summed E-state index contributed by atoms with van der Waals surface area (Å²) in [6, 6.07) is 8.84. The highest BCUT2D eigenvalue weighted by Crippen LogP contribution is 2.26. The fraction of sp³-hybridized carbons (Fsp3) is 0.154. The highest BCUT2D eigenvalue weighted by atomic mass is 16.4. The first-order chi connectivity index (χ1) is 8.65. The molecule has 2 aromatic heterocycles. The van der Waals surface area contributed by atoms with Crippen LogP contribution in [0.3, 0.4) is 0 Å². The van der Waals surface area contributed by atoms with Crippen LogP contribution in [-0.4, -0.2) is 15.2 Å². The molecule has 0 radical (unpaired) electrons. The quantitative estimate of drug-likeness (QED) is 0.661. The second-order valence-electron chi connectivity index (χ2n) is 4.16. The van der Waals surface area contributed by atoms with Crippen molar-refractivity contribution in [2.75, 3.05) is 0 Å². The number of hydrogen-bond acceptors (Lipinski definition) is 4. The first kappa shape index (κ1) is 10.7. The lowest BCUT2D eigenvalue weighted by molar-refractivity contribution is -0.588. The maximum absolute atomic E-state index is 9.78. The number of rotatable bonds is 1. The van der Waals surface area contributed by atoms with E-state index >= 15 is 0 Å². The average Bonchev–Trinajstić information content (AvgIpc) is 2.73. The molecule has 18 heavy (non-hydrogen) atoms. The molecule has 0 bridgehead atoms. The lowest BCUT2D eigenvalue weighted by atomic mass is 10.2. The second-order valence-corrected chi connectivity index (χ2v) is 4.16. The molecule has 90 valence electrons. The first-order valence-corrected chi connectivity index (χ1v) is 5.60. The van der Waals surface area contributed by atoms with E-state index in [9.17, 15) is 5.11 Å². The van der Waals surface area contributed by atoms with Gasteiger partial charge in [0.1, 0.15) is 11.4 Å². The molecule has 3 aromatic rings. The summed E-state index contributed by atoms with van der Waals surface area (Å²) in [5.41, 5.74) is 2.36. The summed E-state index contributed by atoms with van der Waals surface area (Å²) >= 11 is 0. The van der Waals surface area contributed by atoms with E-state index in [4.69, 9.17) is 4.42 Å². The van der Waals surface area contributed by atoms with Crippen molar-refractivity contribution in [2.45, 2.75) is 13.8 Å². The van der Waals surface area contributed by atoms with Gasteiger partial charge in [-0.1, -0.05) is 16.6 Å². The van der Waals surface area contributed by atoms with Crippen LogP contribution < -0.4 is 4.52 Å². The van der Waals surface area contributed by atoms with E-state index in [2.05, 4.69) is 10.1 Å². The van der Waals surface area contributed by atoms with Gasteiger partial charge < -0.3 is 9.52 Å². The van der Waals surface area contributed by atoms with Crippen molar-refractivity contribution >= 4 is 5.84 Å². The Labute approximate surface area is 103 Å². The molecule has 0 spiro atoms. The largest absolute Gasteiger partial charge is 0.532 e. The Balaban J connectivity index is 2.26. The van der Waals surface area contributed by atoms with Crippen molar-refractivity contribution in [3.63, 3.8) is 0 Å². The standard InChI is InChI=1S/C13H11N3O2/c1-8-7-9(2)16-13(14-8)18-12(15-16)10-5-3-4-6-11(10)17/h3-7H,1-2H3/p+1. The molecule has 5 nitrogen and oxygen atoms in total. The smallest absolute Gasteiger partial charge is 0.507 e. The third-order valence-corrected chi connectivity index (χ3v) is 2.72. The molecule has 0 saturated carbocycles. The highest BCUT2D eigenvalue weighted by Gasteiger charge is 2.20. The predicted octanol–water partition coefficient (Wildman–Crippen LogP) is 1.80. The van der Waals surface area contributed by atoms with Crippen LogP contribution in [0.2, 0.25) is 0 Å². The Morgan fingerprint density at radius 1 is 1.22 bits per heavy atom. The normalized spacial score (nSPS) is 11.0. The zero-order chi connectivity index (χ0) is 12.7. The number of hydrogen-bond donors (Lipinski definition) is 1. The van der Waals surface area contributed by atoms with Crippen LogP contribution >= 0.6 is 0 Å². The molecule has 0 amide bonds. The van der Waals surface area contributed by atoms with Crippen molar-refractivity contribution in [1.82, 2.24) is 10.1 Å². The summed E-state index contributed by atoms with van der Waals surface area (Å²) in [5.74, 6) is 0.916. The summed E-state index contributed by atoms with van der Waals surface area (Å²) in [6.45, 7) is 3.83. The Bertz CT molecular complexity index is 734. The van der Waals surface area contributed by atoms with E-state index in [1.165, 1.54) is 0 Å². The lowest BCUT2D eigenvalue weighted by Gasteiger charge is -1.95. The SMILES string of the molecule is Cc1cc(C)[n+]2nc(-c3ccccc3O)oc2n1. The molecule has 3 rings (SSSR count). The van der Waals surface area contributed by atoms with Gasteiger partial charge in [0.25, 0.3) is 5.89 Å². The maximum atomic E-state index is 9.78. The van der Waals surface area contributed by atoms with Crippen molar-refractivity contribution < 1.29 is 14.0 Å². The zero-order valence-corrected chi connectivity index (χ0v) is 10.1. The van der Waals surface area contributed by atoms with Crippen LogP contribution in [-0.2, 0) is 0 Å². The molecular formula is C13H12N3O2+. The predicted molar refractivity (Wildman–Crippen MR) is 64.0 cm³/mol. The Morgan fingerprint density at radius 3 is 2.78 bits per heavy atom. The molecule has 0 aliphatic rings. The summed E-state index contributed by atoms with van der Waals surface area (Å²) in [4.78, 5) is 4.26. The molecule has 2 heterocycles. The number of nitrogens with zero attached hydrogens (tertiary/aromatic N) is 3. The van der Waals surface area contributed by atoms with Crippen LogP contribution in [0.25, 0.3) is 17.3 Å². The molecule has 0 atom stereocenters. The minimum absolute atomic E-state index is 0.138. The molecule has 0 aliphatic heterocycles. The van der Waals surface area contributed by atoms with Gasteiger partial charge >= 0.3 is 5.84 Å². The molecular weight excluding hydrogens is 230 g/mol. The number of aromatic hydroxyl groups is 1. The van der Waals surface area contributed by atoms with Crippen LogP contribution in [0.15, 0.2) is 34.7 Å². The zero-order valence-electron chi connectivity index (χ0n) is 10.1. The molecule has 0 unspecified atom stereocenters. The Hall–Kier alpha value is -2.43. The van der Waals surface area contributed by atoms with Crippen LogP contribution in [0, 0.1) is 13.8 Å². The second kappa shape index (κ2) is 3.80. The van der Waals surface area contributed by atoms with E-state index in [1.54, 1.807) is 22.7 Å². The van der Waals surface area contributed by atoms with Gasteiger partial charge in [0.05, 0.1) is 5.56 Å². The third-order valence-electron chi connectivity index (χ3n) is 2.72. The number of aromatic nitrogens is 3. The van der Waals surface area contributed by atoms with E-state index < -0.39 is 0 Å². The minimum Gasteiger partial charge on any atom is -0.507 e. The van der Waals surface area contributed by atoms with Gasteiger partial charge in [-0.2, -0.15) is 0 Å². The average molecular weight is 242 g/mol. The van der Waals surface area contributed by atoms with Crippen LogP contribution in [0.1, 0.15) is 11.4 Å². The van der Waals surface area contributed by atoms with Gasteiger partial charge in [0.15, 0.2) is 5.69 Å². The number of para-hydroxylation sites is 1. The van der Waals surface area contributed by atoms with Gasteiger partial charge in [-0.05, 0) is 22.2 Å². The number of fused-ring (bicyclic) bond motifs is 1. The van der Waals surface area contributed by atoms with Gasteiger partial charge in [0.2, 0.25) is 0 Å². The summed E-state index contributed by atoms with van der Waals surface area (Å²) in [6.07, 6.45) is 0. The topological polar surface area (TPSA) is 63.2 Å². The van der Waals surface area contributed by atoms with Crippen molar-refractivity contribution in [2.24, 2.45) is 0 Å². The molecule has 1 aromatic carbocycles. The van der Waals surface area contributed by atoms with Crippen LogP contribution in [0.4, 0.5) is 0 Å². The van der Waals surface area contributed by atoms with Gasteiger partial charge in [-0.25, -0.2) is 0 Å². The Morgan fingerprint density at radius 2 is 2.00 bits per heavy atom. The highest BCUT2D eigenvalue weighted by molar-refractivity contribution is 5.61. The first-order valence-electron chi connectivity index (χ1n) is 5.60. The van der Waals surface area contributed by atoms with Gasteiger partial charge in [-0.3, -0.25) is 0 Å². The number of aryl methyl sites for hydroxylation is 2. The van der Waals surface area contributed by atoms with Crippen molar-refractivity contribution in [3.8, 4) is 17.2 Å². The van der Waals surface area contributed by atoms with E-state index in [0.29, 0.717) is 17.3 Å². The Kier molecular flexibility index (Phi) is 2.26. The van der Waals surface area contributed by atoms with E-state index in [-0.39, 0.29) is 5.75 Å². The number of benzene rings is 1. The summed E-state index contributed by atoms with van der Waals surface area (Å²) in [5, 5.41) is 14.1. The monoisotopic (exact) mass is 242 g/mol. The maximum Gasteiger partial charge on any atom is 0.532 e. The summed E-state index contributed by atoms with van der Waals surface area (Å²) in [7, 11) is 0. The molecule has 0 fully saturated rings. The van der Waals surface area contributed by atoms with E-state index in [1.807, 2.05) is 26.0 Å². The molecule has 0 saturated heterocycles. The molecule has 0 aliphatic carbocycles. The third kappa shape index (κ3) is 1.60. The van der Waals surface area contributed by atoms with Crippen LogP contribution in [0.5, 0.6) is 5.75 Å². The summed E-state index contributed by atoms with van der Waals surface area (Å²) < 4.78 is 7.20. The molecule has 5 heteroatoms.